The van der Waals surface area contributed by atoms with Crippen molar-refractivity contribution in [2.75, 3.05) is 20.3 Å². The van der Waals surface area contributed by atoms with Crippen molar-refractivity contribution in [3.8, 4) is 11.5 Å². The van der Waals surface area contributed by atoms with Crippen LogP contribution < -0.4 is 15.2 Å². The van der Waals surface area contributed by atoms with Gasteiger partial charge < -0.3 is 20.3 Å². The Kier molecular flexibility index (Phi) is 5.43. The molecule has 0 aliphatic rings. The highest BCUT2D eigenvalue weighted by Gasteiger charge is 2.27. The number of carboxylic acid groups (broad SMARTS) is 1. The molecule has 1 rings (SSSR count). The first-order valence-corrected chi connectivity index (χ1v) is 6.28. The van der Waals surface area contributed by atoms with Gasteiger partial charge in [-0.15, -0.1) is 0 Å². The molecule has 100 valence electrons. The Morgan fingerprint density at radius 2 is 2.22 bits per heavy atom. The molecule has 0 amide bonds. The van der Waals surface area contributed by atoms with Gasteiger partial charge in [-0.25, -0.2) is 0 Å². The van der Waals surface area contributed by atoms with Crippen molar-refractivity contribution in [1.82, 2.24) is 0 Å². The minimum absolute atomic E-state index is 0.0127. The van der Waals surface area contributed by atoms with Crippen LogP contribution in [0.15, 0.2) is 16.6 Å². The van der Waals surface area contributed by atoms with Crippen LogP contribution in [-0.4, -0.2) is 31.3 Å². The van der Waals surface area contributed by atoms with Gasteiger partial charge in [-0.2, -0.15) is 0 Å². The van der Waals surface area contributed by atoms with Crippen LogP contribution in [0.3, 0.4) is 0 Å². The van der Waals surface area contributed by atoms with Crippen LogP contribution in [0, 0.1) is 0 Å². The molecule has 1 aromatic carbocycles. The lowest BCUT2D eigenvalue weighted by molar-refractivity contribution is -0.138. The highest BCUT2D eigenvalue weighted by molar-refractivity contribution is 9.10. The third-order valence-electron chi connectivity index (χ3n) is 2.50. The first-order chi connectivity index (χ1) is 8.56. The molecule has 6 heteroatoms. The van der Waals surface area contributed by atoms with Crippen LogP contribution in [0.5, 0.6) is 11.5 Å². The molecular weight excluding hydrogens is 302 g/mol. The number of hydrogen-bond donors (Lipinski definition) is 2. The van der Waals surface area contributed by atoms with E-state index in [1.807, 2.05) is 6.92 Å². The largest absolute Gasteiger partial charge is 0.493 e. The van der Waals surface area contributed by atoms with Gasteiger partial charge in [0.2, 0.25) is 0 Å². The highest BCUT2D eigenvalue weighted by atomic mass is 79.9. The fourth-order valence-corrected chi connectivity index (χ4v) is 2.26. The summed E-state index contributed by atoms with van der Waals surface area (Å²) in [6.45, 7) is 2.22. The molecule has 0 saturated carbocycles. The van der Waals surface area contributed by atoms with Crippen LogP contribution in [0.2, 0.25) is 0 Å². The lowest BCUT2D eigenvalue weighted by Gasteiger charge is -2.19. The molecule has 0 radical (unpaired) electrons. The summed E-state index contributed by atoms with van der Waals surface area (Å²) in [6.07, 6.45) is 0. The zero-order chi connectivity index (χ0) is 13.7. The van der Waals surface area contributed by atoms with Gasteiger partial charge in [-0.05, 0) is 19.1 Å². The number of hydrogen-bond acceptors (Lipinski definition) is 4. The molecule has 0 heterocycles. The van der Waals surface area contributed by atoms with E-state index >= 15 is 0 Å². The van der Waals surface area contributed by atoms with Gasteiger partial charge in [-0.3, -0.25) is 4.79 Å². The predicted octanol–water partition coefficient (Wildman–Crippen LogP) is 1.98. The Balaban J connectivity index is 3.42. The highest BCUT2D eigenvalue weighted by Crippen LogP contribution is 2.40. The number of halogens is 1. The number of aliphatic carboxylic acids is 1. The maximum absolute atomic E-state index is 11.2. The molecule has 0 bridgehead atoms. The minimum atomic E-state index is -0.993. The Morgan fingerprint density at radius 3 is 2.67 bits per heavy atom. The normalized spacial score (nSPS) is 12.0. The first-order valence-electron chi connectivity index (χ1n) is 5.48. The fourth-order valence-electron chi connectivity index (χ4n) is 1.68. The van der Waals surface area contributed by atoms with Crippen LogP contribution in [0.25, 0.3) is 0 Å². The molecule has 0 saturated heterocycles. The molecule has 1 atom stereocenters. The number of ether oxygens (including phenoxy) is 2. The van der Waals surface area contributed by atoms with Crippen LogP contribution >= 0.6 is 15.9 Å². The lowest BCUT2D eigenvalue weighted by Crippen LogP contribution is -2.22. The summed E-state index contributed by atoms with van der Waals surface area (Å²) in [5.41, 5.74) is 6.04. The lowest BCUT2D eigenvalue weighted by atomic mass is 9.98. The van der Waals surface area contributed by atoms with Crippen molar-refractivity contribution in [3.63, 3.8) is 0 Å². The molecule has 1 aromatic rings. The molecule has 0 aliphatic heterocycles. The van der Waals surface area contributed by atoms with Gasteiger partial charge in [0, 0.05) is 16.6 Å². The van der Waals surface area contributed by atoms with Crippen molar-refractivity contribution in [2.24, 2.45) is 5.73 Å². The molecule has 1 unspecified atom stereocenters. The number of nitrogens with two attached hydrogens (primary N) is 1. The number of rotatable bonds is 6. The number of carboxylic acids is 1. The molecule has 5 nitrogen and oxygen atoms in total. The second kappa shape index (κ2) is 6.61. The zero-order valence-electron chi connectivity index (χ0n) is 10.3. The molecule has 18 heavy (non-hydrogen) atoms. The summed E-state index contributed by atoms with van der Waals surface area (Å²) >= 11 is 3.34. The van der Waals surface area contributed by atoms with Crippen LogP contribution in [0.4, 0.5) is 0 Å². The number of benzene rings is 1. The Labute approximate surface area is 114 Å². The van der Waals surface area contributed by atoms with Crippen molar-refractivity contribution in [2.45, 2.75) is 12.8 Å². The van der Waals surface area contributed by atoms with Gasteiger partial charge in [0.05, 0.1) is 19.6 Å². The fraction of sp³-hybridized carbons (Fsp3) is 0.417. The van der Waals surface area contributed by atoms with E-state index in [4.69, 9.17) is 15.2 Å². The third kappa shape index (κ3) is 2.94. The Morgan fingerprint density at radius 1 is 1.56 bits per heavy atom. The monoisotopic (exact) mass is 317 g/mol. The Bertz CT molecular complexity index is 436. The van der Waals surface area contributed by atoms with Gasteiger partial charge >= 0.3 is 5.97 Å². The topological polar surface area (TPSA) is 81.8 Å². The molecular formula is C12H16BrNO4. The van der Waals surface area contributed by atoms with E-state index in [1.165, 1.54) is 7.11 Å². The van der Waals surface area contributed by atoms with Gasteiger partial charge in [0.15, 0.2) is 11.5 Å². The van der Waals surface area contributed by atoms with E-state index in [-0.39, 0.29) is 6.54 Å². The molecule has 0 fully saturated rings. The Hall–Kier alpha value is -1.27. The number of carbonyl (C=O) groups is 1. The molecule has 0 aromatic heterocycles. The van der Waals surface area contributed by atoms with Crippen molar-refractivity contribution in [3.05, 3.63) is 22.2 Å². The van der Waals surface area contributed by atoms with Crippen LogP contribution in [-0.2, 0) is 4.79 Å². The van der Waals surface area contributed by atoms with E-state index < -0.39 is 11.9 Å². The first kappa shape index (κ1) is 14.8. The van der Waals surface area contributed by atoms with Gasteiger partial charge in [0.1, 0.15) is 0 Å². The minimum Gasteiger partial charge on any atom is -0.493 e. The summed E-state index contributed by atoms with van der Waals surface area (Å²) in [5.74, 6) is -0.912. The summed E-state index contributed by atoms with van der Waals surface area (Å²) < 4.78 is 11.3. The summed E-state index contributed by atoms with van der Waals surface area (Å²) in [7, 11) is 1.51. The summed E-state index contributed by atoms with van der Waals surface area (Å²) in [4.78, 5) is 11.2. The van der Waals surface area contributed by atoms with E-state index in [0.29, 0.717) is 28.1 Å². The summed E-state index contributed by atoms with van der Waals surface area (Å²) in [5, 5.41) is 9.21. The molecule has 0 aliphatic carbocycles. The average Bonchev–Trinajstić information content (AvgIpc) is 2.33. The smallest absolute Gasteiger partial charge is 0.312 e. The van der Waals surface area contributed by atoms with Crippen molar-refractivity contribution in [1.29, 1.82) is 0 Å². The quantitative estimate of drug-likeness (QED) is 0.838. The molecule has 3 N–H and O–H groups in total. The molecule has 0 spiro atoms. The van der Waals surface area contributed by atoms with Gasteiger partial charge in [-0.1, -0.05) is 15.9 Å². The second-order valence-electron chi connectivity index (χ2n) is 3.55. The van der Waals surface area contributed by atoms with Crippen molar-refractivity contribution >= 4 is 21.9 Å². The summed E-state index contributed by atoms with van der Waals surface area (Å²) in [6, 6.07) is 3.44. The average molecular weight is 318 g/mol. The van der Waals surface area contributed by atoms with Gasteiger partial charge in [0.25, 0.3) is 0 Å². The second-order valence-corrected chi connectivity index (χ2v) is 4.41. The van der Waals surface area contributed by atoms with E-state index in [2.05, 4.69) is 15.9 Å². The van der Waals surface area contributed by atoms with E-state index in [0.717, 1.165) is 0 Å². The predicted molar refractivity (Wildman–Crippen MR) is 71.3 cm³/mol. The standard InChI is InChI=1S/C12H16BrNO4/c1-3-18-11-9(17-2)5-4-8(13)10(11)7(6-14)12(15)16/h4-5,7H,3,6,14H2,1-2H3,(H,15,16). The maximum Gasteiger partial charge on any atom is 0.312 e. The van der Waals surface area contributed by atoms with Crippen molar-refractivity contribution < 1.29 is 19.4 Å². The van der Waals surface area contributed by atoms with E-state index in [1.54, 1.807) is 12.1 Å². The number of methoxy groups -OCH3 is 1. The zero-order valence-corrected chi connectivity index (χ0v) is 11.9. The maximum atomic E-state index is 11.2. The SMILES string of the molecule is CCOc1c(OC)ccc(Br)c1C(CN)C(=O)O. The third-order valence-corrected chi connectivity index (χ3v) is 3.19. The van der Waals surface area contributed by atoms with Crippen LogP contribution in [0.1, 0.15) is 18.4 Å². The van der Waals surface area contributed by atoms with E-state index in [9.17, 15) is 9.90 Å².